The van der Waals surface area contributed by atoms with Gasteiger partial charge in [-0.3, -0.25) is 0 Å². The Kier molecular flexibility index (Phi) is 3.64. The van der Waals surface area contributed by atoms with Crippen LogP contribution in [-0.2, 0) is 13.0 Å². The van der Waals surface area contributed by atoms with Gasteiger partial charge in [0.05, 0.1) is 0 Å². The van der Waals surface area contributed by atoms with Crippen molar-refractivity contribution < 1.29 is 0 Å². The van der Waals surface area contributed by atoms with E-state index in [1.165, 1.54) is 28.1 Å². The van der Waals surface area contributed by atoms with Crippen LogP contribution in [0.4, 0.5) is 11.4 Å². The number of hydrogen-bond donors (Lipinski definition) is 1. The van der Waals surface area contributed by atoms with Crippen molar-refractivity contribution in [2.45, 2.75) is 26.8 Å². The van der Waals surface area contributed by atoms with Crippen LogP contribution in [0.15, 0.2) is 42.5 Å². The van der Waals surface area contributed by atoms with Crippen molar-refractivity contribution in [2.24, 2.45) is 0 Å². The minimum Gasteiger partial charge on any atom is -0.384 e. The van der Waals surface area contributed by atoms with Gasteiger partial charge < -0.3 is 10.2 Å². The second-order valence-corrected chi connectivity index (χ2v) is 5.52. The fourth-order valence-electron chi connectivity index (χ4n) is 2.80. The van der Waals surface area contributed by atoms with Gasteiger partial charge in [-0.2, -0.15) is 0 Å². The Hall–Kier alpha value is -1.96. The molecule has 2 heteroatoms. The average molecular weight is 266 g/mol. The normalized spacial score (nSPS) is 12.9. The highest BCUT2D eigenvalue weighted by molar-refractivity contribution is 5.58. The molecule has 3 rings (SSSR count). The second kappa shape index (κ2) is 5.58. The highest BCUT2D eigenvalue weighted by atomic mass is 15.1. The number of hydrogen-bond acceptors (Lipinski definition) is 2. The number of aryl methyl sites for hydroxylation is 1. The predicted molar refractivity (Wildman–Crippen MR) is 86.5 cm³/mol. The summed E-state index contributed by atoms with van der Waals surface area (Å²) < 4.78 is 0. The molecule has 0 saturated carbocycles. The topological polar surface area (TPSA) is 15.3 Å². The molecule has 104 valence electrons. The lowest BCUT2D eigenvalue weighted by molar-refractivity contribution is 0.832. The first-order valence-electron chi connectivity index (χ1n) is 7.43. The first-order chi connectivity index (χ1) is 9.76. The zero-order valence-corrected chi connectivity index (χ0v) is 12.3. The van der Waals surface area contributed by atoms with Crippen molar-refractivity contribution >= 4 is 11.4 Å². The maximum absolute atomic E-state index is 3.46. The Balaban J connectivity index is 1.79. The third kappa shape index (κ3) is 2.64. The van der Waals surface area contributed by atoms with Crippen molar-refractivity contribution in [1.82, 2.24) is 0 Å². The van der Waals surface area contributed by atoms with E-state index in [2.05, 4.69) is 66.5 Å². The summed E-state index contributed by atoms with van der Waals surface area (Å²) in [6.45, 7) is 7.41. The number of fused-ring (bicyclic) bond motifs is 1. The molecule has 0 aliphatic carbocycles. The van der Waals surface area contributed by atoms with Gasteiger partial charge in [0, 0.05) is 31.0 Å². The van der Waals surface area contributed by atoms with Gasteiger partial charge in [0.25, 0.3) is 0 Å². The third-order valence-corrected chi connectivity index (χ3v) is 4.04. The van der Waals surface area contributed by atoms with Crippen LogP contribution in [0.25, 0.3) is 0 Å². The molecule has 0 aromatic heterocycles. The number of nitrogens with one attached hydrogen (secondary N) is 1. The SMILES string of the molecule is CCN(Cc1ccc2c(c1)NCC2)c1ccc(C)cc1. The lowest BCUT2D eigenvalue weighted by atomic mass is 10.1. The van der Waals surface area contributed by atoms with Gasteiger partial charge in [-0.15, -0.1) is 0 Å². The first-order valence-corrected chi connectivity index (χ1v) is 7.43. The summed E-state index contributed by atoms with van der Waals surface area (Å²) >= 11 is 0. The van der Waals surface area contributed by atoms with Gasteiger partial charge in [-0.1, -0.05) is 29.8 Å². The fraction of sp³-hybridized carbons (Fsp3) is 0.333. The summed E-state index contributed by atoms with van der Waals surface area (Å²) in [6.07, 6.45) is 1.16. The van der Waals surface area contributed by atoms with Crippen molar-refractivity contribution in [1.29, 1.82) is 0 Å². The Morgan fingerprint density at radius 1 is 1.10 bits per heavy atom. The van der Waals surface area contributed by atoms with E-state index in [0.29, 0.717) is 0 Å². The van der Waals surface area contributed by atoms with E-state index in [-0.39, 0.29) is 0 Å². The van der Waals surface area contributed by atoms with Crippen molar-refractivity contribution in [3.05, 3.63) is 59.2 Å². The molecular weight excluding hydrogens is 244 g/mol. The van der Waals surface area contributed by atoms with Crippen LogP contribution in [0.2, 0.25) is 0 Å². The maximum Gasteiger partial charge on any atom is 0.0430 e. The van der Waals surface area contributed by atoms with E-state index in [4.69, 9.17) is 0 Å². The van der Waals surface area contributed by atoms with Crippen LogP contribution in [0.1, 0.15) is 23.6 Å². The molecular formula is C18H22N2. The number of rotatable bonds is 4. The standard InChI is InChI=1S/C18H22N2/c1-3-20(17-8-4-14(2)5-9-17)13-15-6-7-16-10-11-19-18(16)12-15/h4-9,12,19H,3,10-11,13H2,1-2H3. The van der Waals surface area contributed by atoms with Gasteiger partial charge in [0.1, 0.15) is 0 Å². The molecule has 20 heavy (non-hydrogen) atoms. The molecule has 2 aromatic carbocycles. The molecule has 0 amide bonds. The summed E-state index contributed by atoms with van der Waals surface area (Å²) in [6, 6.07) is 15.6. The molecule has 2 aromatic rings. The Morgan fingerprint density at radius 2 is 1.90 bits per heavy atom. The van der Waals surface area contributed by atoms with Crippen LogP contribution in [0, 0.1) is 6.92 Å². The molecule has 0 spiro atoms. The van der Waals surface area contributed by atoms with Crippen LogP contribution < -0.4 is 10.2 Å². The number of benzene rings is 2. The smallest absolute Gasteiger partial charge is 0.0430 e. The highest BCUT2D eigenvalue weighted by Crippen LogP contribution is 2.25. The van der Waals surface area contributed by atoms with E-state index in [0.717, 1.165) is 26.1 Å². The molecule has 1 N–H and O–H groups in total. The van der Waals surface area contributed by atoms with E-state index in [9.17, 15) is 0 Å². The van der Waals surface area contributed by atoms with Crippen LogP contribution in [0.5, 0.6) is 0 Å². The molecule has 0 saturated heterocycles. The fourth-order valence-corrected chi connectivity index (χ4v) is 2.80. The van der Waals surface area contributed by atoms with E-state index < -0.39 is 0 Å². The maximum atomic E-state index is 3.46. The first kappa shape index (κ1) is 13.0. The molecule has 0 radical (unpaired) electrons. The summed E-state index contributed by atoms with van der Waals surface area (Å²) in [7, 11) is 0. The summed E-state index contributed by atoms with van der Waals surface area (Å²) in [5.41, 5.74) is 6.76. The lowest BCUT2D eigenvalue weighted by Gasteiger charge is -2.23. The Labute approximate surface area is 121 Å². The summed E-state index contributed by atoms with van der Waals surface area (Å²) in [5.74, 6) is 0. The average Bonchev–Trinajstić information content (AvgIpc) is 2.93. The van der Waals surface area contributed by atoms with E-state index in [1.807, 2.05) is 0 Å². The molecule has 1 aliphatic rings. The minimum atomic E-state index is 0.967. The quantitative estimate of drug-likeness (QED) is 0.900. The van der Waals surface area contributed by atoms with Crippen LogP contribution >= 0.6 is 0 Å². The van der Waals surface area contributed by atoms with Gasteiger partial charge in [-0.05, 0) is 49.6 Å². The van der Waals surface area contributed by atoms with Crippen molar-refractivity contribution in [3.63, 3.8) is 0 Å². The lowest BCUT2D eigenvalue weighted by Crippen LogP contribution is -2.21. The second-order valence-electron chi connectivity index (χ2n) is 5.52. The third-order valence-electron chi connectivity index (χ3n) is 4.04. The molecule has 1 heterocycles. The predicted octanol–water partition coefficient (Wildman–Crippen LogP) is 3.99. The molecule has 0 unspecified atom stereocenters. The molecule has 0 fully saturated rings. The number of anilines is 2. The summed E-state index contributed by atoms with van der Waals surface area (Å²) in [5, 5.41) is 3.46. The van der Waals surface area contributed by atoms with Crippen molar-refractivity contribution in [3.8, 4) is 0 Å². The van der Waals surface area contributed by atoms with E-state index >= 15 is 0 Å². The Morgan fingerprint density at radius 3 is 2.65 bits per heavy atom. The van der Waals surface area contributed by atoms with Gasteiger partial charge in [0.15, 0.2) is 0 Å². The summed E-state index contributed by atoms with van der Waals surface area (Å²) in [4.78, 5) is 2.41. The number of nitrogens with zero attached hydrogens (tertiary/aromatic N) is 1. The Bertz CT molecular complexity index is 587. The molecule has 0 bridgehead atoms. The van der Waals surface area contributed by atoms with Gasteiger partial charge in [-0.25, -0.2) is 0 Å². The zero-order valence-electron chi connectivity index (χ0n) is 12.3. The minimum absolute atomic E-state index is 0.967. The molecule has 2 nitrogen and oxygen atoms in total. The molecule has 1 aliphatic heterocycles. The molecule has 0 atom stereocenters. The van der Waals surface area contributed by atoms with E-state index in [1.54, 1.807) is 0 Å². The van der Waals surface area contributed by atoms with Crippen LogP contribution in [0.3, 0.4) is 0 Å². The van der Waals surface area contributed by atoms with Gasteiger partial charge >= 0.3 is 0 Å². The zero-order chi connectivity index (χ0) is 13.9. The largest absolute Gasteiger partial charge is 0.384 e. The van der Waals surface area contributed by atoms with Gasteiger partial charge in [0.2, 0.25) is 0 Å². The van der Waals surface area contributed by atoms with Crippen molar-refractivity contribution in [2.75, 3.05) is 23.3 Å². The highest BCUT2D eigenvalue weighted by Gasteiger charge is 2.11. The van der Waals surface area contributed by atoms with Crippen LogP contribution in [-0.4, -0.2) is 13.1 Å². The monoisotopic (exact) mass is 266 g/mol.